The largest absolute Gasteiger partial charge is 0.384 e. The minimum atomic E-state index is 0.352. The summed E-state index contributed by atoms with van der Waals surface area (Å²) in [6.07, 6.45) is 4.64. The maximum Gasteiger partial charge on any atom is 0.211 e. The number of likely N-dealkylation sites (tertiary alicyclic amines) is 1. The van der Waals surface area contributed by atoms with Gasteiger partial charge in [0.25, 0.3) is 0 Å². The molecule has 1 aromatic rings. The molecule has 2 fully saturated rings. The van der Waals surface area contributed by atoms with E-state index in [1.165, 1.54) is 37.9 Å². The van der Waals surface area contributed by atoms with Crippen molar-refractivity contribution in [1.82, 2.24) is 15.5 Å². The summed E-state index contributed by atoms with van der Waals surface area (Å²) in [6, 6.07) is 8.73. The van der Waals surface area contributed by atoms with Crippen LogP contribution in [0.3, 0.4) is 0 Å². The van der Waals surface area contributed by atoms with E-state index < -0.39 is 0 Å². The van der Waals surface area contributed by atoms with Gasteiger partial charge in [0.15, 0.2) is 0 Å². The molecule has 1 unspecified atom stereocenters. The van der Waals surface area contributed by atoms with E-state index in [0.717, 1.165) is 12.1 Å². The molecule has 1 amide bonds. The van der Waals surface area contributed by atoms with Gasteiger partial charge in [0.05, 0.1) is 5.69 Å². The Labute approximate surface area is 142 Å². The van der Waals surface area contributed by atoms with Crippen LogP contribution in [0.4, 0.5) is 5.69 Å². The van der Waals surface area contributed by atoms with E-state index in [1.807, 2.05) is 12.1 Å². The van der Waals surface area contributed by atoms with Gasteiger partial charge in [-0.05, 0) is 37.1 Å². The first-order valence-corrected chi connectivity index (χ1v) is 8.34. The van der Waals surface area contributed by atoms with Gasteiger partial charge in [-0.3, -0.25) is 9.69 Å². The van der Waals surface area contributed by atoms with Crippen molar-refractivity contribution < 1.29 is 4.79 Å². The highest BCUT2D eigenvalue weighted by Gasteiger charge is 2.48. The van der Waals surface area contributed by atoms with Crippen molar-refractivity contribution in [2.24, 2.45) is 16.1 Å². The number of nitrogens with one attached hydrogen (secondary N) is 2. The molecule has 1 atom stereocenters. The Morgan fingerprint density at radius 2 is 2.12 bits per heavy atom. The molecule has 2 aliphatic heterocycles. The van der Waals surface area contributed by atoms with Crippen molar-refractivity contribution >= 4 is 17.9 Å². The summed E-state index contributed by atoms with van der Waals surface area (Å²) in [4.78, 5) is 17.0. The molecule has 0 aliphatic carbocycles. The lowest BCUT2D eigenvalue weighted by Crippen LogP contribution is -2.72. The summed E-state index contributed by atoms with van der Waals surface area (Å²) in [5.41, 5.74) is 8.47. The Morgan fingerprint density at radius 1 is 1.42 bits per heavy atom. The van der Waals surface area contributed by atoms with Crippen LogP contribution >= 0.6 is 0 Å². The van der Waals surface area contributed by atoms with Gasteiger partial charge in [-0.25, -0.2) is 4.99 Å². The molecule has 6 heteroatoms. The van der Waals surface area contributed by atoms with Crippen LogP contribution in [0.25, 0.3) is 0 Å². The Balaban J connectivity index is 1.51. The fourth-order valence-electron chi connectivity index (χ4n) is 3.37. The smallest absolute Gasteiger partial charge is 0.211 e. The quantitative estimate of drug-likeness (QED) is 0.392. The van der Waals surface area contributed by atoms with Gasteiger partial charge < -0.3 is 16.4 Å². The predicted octanol–water partition coefficient (Wildman–Crippen LogP) is 0.771. The lowest BCUT2D eigenvalue weighted by Gasteiger charge is -2.58. The molecule has 2 heterocycles. The lowest BCUT2D eigenvalue weighted by atomic mass is 9.73. The minimum absolute atomic E-state index is 0.352. The Bertz CT molecular complexity index is 625. The molecule has 0 bridgehead atoms. The Hall–Kier alpha value is -2.18. The number of carbonyl (C=O) groups is 1. The first kappa shape index (κ1) is 16.7. The molecular weight excluding hydrogens is 302 g/mol. The van der Waals surface area contributed by atoms with Crippen LogP contribution in [0.1, 0.15) is 12.5 Å². The number of hydrogen-bond donors (Lipinski definition) is 3. The zero-order chi connectivity index (χ0) is 17.0. The van der Waals surface area contributed by atoms with Crippen molar-refractivity contribution in [1.29, 1.82) is 0 Å². The highest BCUT2D eigenvalue weighted by atomic mass is 16.1. The average Bonchev–Trinajstić information content (AvgIpc) is 2.47. The van der Waals surface area contributed by atoms with Crippen molar-refractivity contribution in [3.63, 3.8) is 0 Å². The normalized spacial score (nSPS) is 21.3. The maximum absolute atomic E-state index is 10.2. The van der Waals surface area contributed by atoms with Gasteiger partial charge in [0.2, 0.25) is 6.41 Å². The van der Waals surface area contributed by atoms with Crippen LogP contribution in [0.2, 0.25) is 0 Å². The first-order chi connectivity index (χ1) is 11.6. The van der Waals surface area contributed by atoms with E-state index in [-0.39, 0.29) is 0 Å². The maximum atomic E-state index is 10.2. The third-order valence-electron chi connectivity index (χ3n) is 4.84. The summed E-state index contributed by atoms with van der Waals surface area (Å²) in [7, 11) is 0. The molecule has 128 valence electrons. The predicted molar refractivity (Wildman–Crippen MR) is 96.1 cm³/mol. The van der Waals surface area contributed by atoms with Gasteiger partial charge >= 0.3 is 0 Å². The summed E-state index contributed by atoms with van der Waals surface area (Å²) >= 11 is 0. The van der Waals surface area contributed by atoms with Crippen LogP contribution in [0.15, 0.2) is 41.5 Å². The molecule has 4 N–H and O–H groups in total. The van der Waals surface area contributed by atoms with E-state index in [0.29, 0.717) is 23.7 Å². The van der Waals surface area contributed by atoms with Crippen LogP contribution in [-0.2, 0) is 11.2 Å². The number of carbonyl (C=O) groups excluding carboxylic acids is 1. The van der Waals surface area contributed by atoms with Gasteiger partial charge in [-0.2, -0.15) is 0 Å². The second-order valence-electron chi connectivity index (χ2n) is 6.88. The van der Waals surface area contributed by atoms with Gasteiger partial charge in [0, 0.05) is 43.8 Å². The molecule has 6 nitrogen and oxygen atoms in total. The van der Waals surface area contributed by atoms with Gasteiger partial charge in [0.1, 0.15) is 5.84 Å². The number of rotatable bonds is 7. The standard InChI is InChI=1S/C18H25N5O/c1-14(23-11-18(12-23)9-21-10-18)8-15-2-4-16(5-3-15)22-17(19)6-7-20-13-24/h2-7,13-14,21H,8-12H2,1H3,(H2,19,22)(H,20,24)/b7-6-. The number of amides is 1. The van der Waals surface area contributed by atoms with Crippen molar-refractivity contribution in [3.8, 4) is 0 Å². The summed E-state index contributed by atoms with van der Waals surface area (Å²) in [5.74, 6) is 0.352. The number of nitrogens with zero attached hydrogens (tertiary/aromatic N) is 2. The number of benzene rings is 1. The van der Waals surface area contributed by atoms with E-state index >= 15 is 0 Å². The number of aliphatic imine (C=N–C) groups is 1. The molecule has 0 saturated carbocycles. The zero-order valence-electron chi connectivity index (χ0n) is 14.0. The third kappa shape index (κ3) is 3.83. The van der Waals surface area contributed by atoms with Crippen molar-refractivity contribution in [3.05, 3.63) is 42.1 Å². The van der Waals surface area contributed by atoms with Crippen molar-refractivity contribution in [2.45, 2.75) is 19.4 Å². The highest BCUT2D eigenvalue weighted by molar-refractivity contribution is 5.93. The van der Waals surface area contributed by atoms with Crippen LogP contribution in [-0.4, -0.2) is 49.4 Å². The van der Waals surface area contributed by atoms with E-state index in [2.05, 4.69) is 39.6 Å². The molecule has 24 heavy (non-hydrogen) atoms. The molecule has 2 aliphatic rings. The van der Waals surface area contributed by atoms with Crippen LogP contribution in [0, 0.1) is 5.41 Å². The highest BCUT2D eigenvalue weighted by Crippen LogP contribution is 2.35. The second-order valence-corrected chi connectivity index (χ2v) is 6.88. The molecular formula is C18H25N5O. The third-order valence-corrected chi connectivity index (χ3v) is 4.84. The van der Waals surface area contributed by atoms with Crippen LogP contribution in [0.5, 0.6) is 0 Å². The summed E-state index contributed by atoms with van der Waals surface area (Å²) < 4.78 is 0. The number of hydrogen-bond acceptors (Lipinski definition) is 4. The monoisotopic (exact) mass is 327 g/mol. The molecule has 1 aromatic carbocycles. The number of amidine groups is 1. The zero-order valence-corrected chi connectivity index (χ0v) is 14.0. The lowest BCUT2D eigenvalue weighted by molar-refractivity contribution is -0.108. The molecule has 2 saturated heterocycles. The van der Waals surface area contributed by atoms with E-state index in [1.54, 1.807) is 6.08 Å². The van der Waals surface area contributed by atoms with E-state index in [9.17, 15) is 4.79 Å². The van der Waals surface area contributed by atoms with E-state index in [4.69, 9.17) is 5.73 Å². The fraction of sp³-hybridized carbons (Fsp3) is 0.444. The first-order valence-electron chi connectivity index (χ1n) is 8.34. The fourth-order valence-corrected chi connectivity index (χ4v) is 3.37. The Kier molecular flexibility index (Phi) is 4.97. The molecule has 3 rings (SSSR count). The van der Waals surface area contributed by atoms with Crippen molar-refractivity contribution in [2.75, 3.05) is 26.2 Å². The summed E-state index contributed by atoms with van der Waals surface area (Å²) in [5, 5.41) is 5.78. The number of nitrogens with two attached hydrogens (primary N) is 1. The topological polar surface area (TPSA) is 82.7 Å². The molecule has 0 aromatic heterocycles. The van der Waals surface area contributed by atoms with Gasteiger partial charge in [-0.1, -0.05) is 12.1 Å². The Morgan fingerprint density at radius 3 is 2.71 bits per heavy atom. The van der Waals surface area contributed by atoms with Crippen LogP contribution < -0.4 is 16.4 Å². The summed E-state index contributed by atoms with van der Waals surface area (Å²) in [6.45, 7) is 7.11. The average molecular weight is 327 g/mol. The molecule has 1 spiro atoms. The van der Waals surface area contributed by atoms with Gasteiger partial charge in [-0.15, -0.1) is 0 Å². The minimum Gasteiger partial charge on any atom is -0.384 e. The SMILES string of the molecule is CC(Cc1ccc(N=C(N)/C=C\NC=O)cc1)N1CC2(CNC2)C1. The second kappa shape index (κ2) is 7.15. The molecule has 0 radical (unpaired) electrons.